The molecule has 1 atom stereocenters. The van der Waals surface area contributed by atoms with Gasteiger partial charge >= 0.3 is 12.1 Å². The van der Waals surface area contributed by atoms with Gasteiger partial charge in [0.2, 0.25) is 0 Å². The molecule has 3 aliphatic rings. The topological polar surface area (TPSA) is 66.8 Å². The Hall–Kier alpha value is -1.52. The summed E-state index contributed by atoms with van der Waals surface area (Å²) in [6, 6.07) is -0.750. The van der Waals surface area contributed by atoms with Gasteiger partial charge in [-0.25, -0.2) is 9.59 Å². The molecular formula is C17H27NO4. The van der Waals surface area contributed by atoms with E-state index in [1.165, 1.54) is 4.90 Å². The Kier molecular flexibility index (Phi) is 4.54. The van der Waals surface area contributed by atoms with E-state index in [4.69, 9.17) is 4.74 Å². The van der Waals surface area contributed by atoms with E-state index >= 15 is 0 Å². The molecule has 0 aromatic heterocycles. The molecular weight excluding hydrogens is 282 g/mol. The molecule has 0 unspecified atom stereocenters. The zero-order valence-electron chi connectivity index (χ0n) is 13.8. The van der Waals surface area contributed by atoms with Gasteiger partial charge < -0.3 is 9.84 Å². The number of fused-ring (bicyclic) bond motifs is 2. The van der Waals surface area contributed by atoms with Gasteiger partial charge in [-0.3, -0.25) is 4.90 Å². The minimum Gasteiger partial charge on any atom is -0.480 e. The number of piperidine rings is 2. The number of carboxylic acid groups (broad SMARTS) is 1. The van der Waals surface area contributed by atoms with Crippen LogP contribution in [0.5, 0.6) is 0 Å². The standard InChI is InChI=1S/C17H27NO4/c1-5-6-7-8-17-9-12(10-17)18(13(11-17)14(19)20)15(21)22-16(2,3)4/h5,12-13H,1,6-11H2,2-4H3,(H,19,20)/t12?,13-,17?/m0/s1. The number of carbonyl (C=O) groups excluding carboxylic acids is 1. The van der Waals surface area contributed by atoms with E-state index in [0.29, 0.717) is 6.42 Å². The van der Waals surface area contributed by atoms with Crippen LogP contribution in [0.1, 0.15) is 59.3 Å². The molecule has 1 saturated carbocycles. The molecule has 22 heavy (non-hydrogen) atoms. The van der Waals surface area contributed by atoms with Crippen molar-refractivity contribution in [2.75, 3.05) is 0 Å². The molecule has 0 aromatic rings. The van der Waals surface area contributed by atoms with Gasteiger partial charge in [0.1, 0.15) is 11.6 Å². The monoisotopic (exact) mass is 309 g/mol. The molecule has 2 aliphatic heterocycles. The third-order valence-corrected chi connectivity index (χ3v) is 4.70. The quantitative estimate of drug-likeness (QED) is 0.622. The first-order chi connectivity index (χ1) is 10.2. The van der Waals surface area contributed by atoms with Crippen molar-refractivity contribution in [3.8, 4) is 0 Å². The number of allylic oxidation sites excluding steroid dienone is 1. The second-order valence-corrected chi connectivity index (χ2v) is 7.69. The maximum atomic E-state index is 12.4. The van der Waals surface area contributed by atoms with Crippen molar-refractivity contribution in [2.45, 2.75) is 77.0 Å². The smallest absolute Gasteiger partial charge is 0.411 e. The number of rotatable bonds is 5. The summed E-state index contributed by atoms with van der Waals surface area (Å²) in [4.78, 5) is 25.4. The first-order valence-corrected chi connectivity index (χ1v) is 8.02. The maximum Gasteiger partial charge on any atom is 0.411 e. The molecule has 0 aromatic carbocycles. The van der Waals surface area contributed by atoms with E-state index in [1.54, 1.807) is 20.8 Å². The number of carbonyl (C=O) groups is 2. The highest BCUT2D eigenvalue weighted by molar-refractivity contribution is 5.81. The molecule has 124 valence electrons. The van der Waals surface area contributed by atoms with E-state index < -0.39 is 23.7 Å². The number of nitrogens with zero attached hydrogens (tertiary/aromatic N) is 1. The van der Waals surface area contributed by atoms with E-state index in [0.717, 1.165) is 32.1 Å². The lowest BCUT2D eigenvalue weighted by Crippen LogP contribution is -2.66. The van der Waals surface area contributed by atoms with Crippen molar-refractivity contribution in [3.63, 3.8) is 0 Å². The number of hydrogen-bond acceptors (Lipinski definition) is 3. The van der Waals surface area contributed by atoms with E-state index in [1.807, 2.05) is 6.08 Å². The largest absolute Gasteiger partial charge is 0.480 e. The highest BCUT2D eigenvalue weighted by Gasteiger charge is 2.57. The Balaban J connectivity index is 2.06. The zero-order chi connectivity index (χ0) is 16.5. The van der Waals surface area contributed by atoms with E-state index in [2.05, 4.69) is 6.58 Å². The summed E-state index contributed by atoms with van der Waals surface area (Å²) >= 11 is 0. The highest BCUT2D eigenvalue weighted by Crippen LogP contribution is 2.56. The van der Waals surface area contributed by atoms with Crippen LogP contribution in [0.2, 0.25) is 0 Å². The van der Waals surface area contributed by atoms with E-state index in [9.17, 15) is 14.7 Å². The van der Waals surface area contributed by atoms with Gasteiger partial charge in [-0.15, -0.1) is 6.58 Å². The SMILES string of the molecule is C=CCCCC12CC(C1)N(C(=O)OC(C)(C)C)[C@H](C(=O)O)C2. The Bertz CT molecular complexity index is 460. The van der Waals surface area contributed by atoms with Crippen molar-refractivity contribution in [3.05, 3.63) is 12.7 Å². The van der Waals surface area contributed by atoms with Gasteiger partial charge in [-0.1, -0.05) is 6.08 Å². The Morgan fingerprint density at radius 2 is 2.00 bits per heavy atom. The molecule has 5 nitrogen and oxygen atoms in total. The van der Waals surface area contributed by atoms with Crippen LogP contribution in [0.4, 0.5) is 4.79 Å². The molecule has 3 rings (SSSR count). The predicted octanol–water partition coefficient (Wildman–Crippen LogP) is 3.59. The van der Waals surface area contributed by atoms with Crippen LogP contribution in [0, 0.1) is 5.41 Å². The number of ether oxygens (including phenoxy) is 1. The van der Waals surface area contributed by atoms with Crippen LogP contribution in [-0.2, 0) is 9.53 Å². The van der Waals surface area contributed by atoms with Gasteiger partial charge in [0.15, 0.2) is 0 Å². The number of carboxylic acids is 1. The summed E-state index contributed by atoms with van der Waals surface area (Å²) in [7, 11) is 0. The Labute approximate surface area is 132 Å². The van der Waals surface area contributed by atoms with Crippen molar-refractivity contribution < 1.29 is 19.4 Å². The number of amides is 1. The van der Waals surface area contributed by atoms with Crippen LogP contribution >= 0.6 is 0 Å². The molecule has 5 heteroatoms. The Morgan fingerprint density at radius 3 is 2.50 bits per heavy atom. The predicted molar refractivity (Wildman–Crippen MR) is 83.6 cm³/mol. The van der Waals surface area contributed by atoms with Crippen molar-refractivity contribution >= 4 is 12.1 Å². The van der Waals surface area contributed by atoms with E-state index in [-0.39, 0.29) is 11.5 Å². The molecule has 0 spiro atoms. The molecule has 0 radical (unpaired) electrons. The summed E-state index contributed by atoms with van der Waals surface area (Å²) in [5.41, 5.74) is -0.516. The van der Waals surface area contributed by atoms with Gasteiger partial charge in [-0.05, 0) is 64.7 Å². The third kappa shape index (κ3) is 3.45. The lowest BCUT2D eigenvalue weighted by atomic mass is 9.56. The summed E-state index contributed by atoms with van der Waals surface area (Å²) < 4.78 is 5.39. The average molecular weight is 309 g/mol. The fourth-order valence-corrected chi connectivity index (χ4v) is 3.79. The fourth-order valence-electron chi connectivity index (χ4n) is 3.79. The van der Waals surface area contributed by atoms with Crippen molar-refractivity contribution in [1.82, 2.24) is 4.90 Å². The van der Waals surface area contributed by atoms with Gasteiger partial charge in [0.25, 0.3) is 0 Å². The lowest BCUT2D eigenvalue weighted by molar-refractivity contribution is -0.160. The van der Waals surface area contributed by atoms with Crippen molar-refractivity contribution in [1.29, 1.82) is 0 Å². The summed E-state index contributed by atoms with van der Waals surface area (Å²) in [6.45, 7) is 9.12. The second kappa shape index (κ2) is 5.94. The summed E-state index contributed by atoms with van der Waals surface area (Å²) in [6.07, 6.45) is 6.74. The van der Waals surface area contributed by atoms with Crippen molar-refractivity contribution in [2.24, 2.45) is 5.41 Å². The molecule has 1 N–H and O–H groups in total. The summed E-state index contributed by atoms with van der Waals surface area (Å²) in [5, 5.41) is 9.51. The van der Waals surface area contributed by atoms with Crippen LogP contribution in [0.15, 0.2) is 12.7 Å². The van der Waals surface area contributed by atoms with Crippen LogP contribution in [0.25, 0.3) is 0 Å². The lowest BCUT2D eigenvalue weighted by Gasteiger charge is -2.59. The zero-order valence-corrected chi connectivity index (χ0v) is 13.8. The van der Waals surface area contributed by atoms with Crippen LogP contribution < -0.4 is 0 Å². The first kappa shape index (κ1) is 16.8. The normalized spacial score (nSPS) is 30.4. The number of aliphatic carboxylic acids is 1. The highest BCUT2D eigenvalue weighted by atomic mass is 16.6. The molecule has 1 amide bonds. The third-order valence-electron chi connectivity index (χ3n) is 4.70. The Morgan fingerprint density at radius 1 is 1.36 bits per heavy atom. The molecule has 3 fully saturated rings. The average Bonchev–Trinajstić information content (AvgIpc) is 2.35. The fraction of sp³-hybridized carbons (Fsp3) is 0.765. The molecule has 2 bridgehead atoms. The summed E-state index contributed by atoms with van der Waals surface area (Å²) in [5.74, 6) is -0.927. The minimum atomic E-state index is -0.927. The van der Waals surface area contributed by atoms with Gasteiger partial charge in [0.05, 0.1) is 0 Å². The molecule has 2 saturated heterocycles. The number of hydrogen-bond donors (Lipinski definition) is 1. The van der Waals surface area contributed by atoms with Gasteiger partial charge in [-0.2, -0.15) is 0 Å². The number of unbranched alkanes of at least 4 members (excludes halogenated alkanes) is 1. The second-order valence-electron chi connectivity index (χ2n) is 7.69. The van der Waals surface area contributed by atoms with Crippen LogP contribution in [-0.4, -0.2) is 39.8 Å². The van der Waals surface area contributed by atoms with Crippen LogP contribution in [0.3, 0.4) is 0 Å². The van der Waals surface area contributed by atoms with Gasteiger partial charge in [0, 0.05) is 6.04 Å². The maximum absolute atomic E-state index is 12.4. The first-order valence-electron chi connectivity index (χ1n) is 8.02. The molecule has 1 aliphatic carbocycles. The minimum absolute atomic E-state index is 0.00781. The molecule has 2 heterocycles.